The summed E-state index contributed by atoms with van der Waals surface area (Å²) in [6, 6.07) is 10.3. The average Bonchev–Trinajstić information content (AvgIpc) is 2.38. The van der Waals surface area contributed by atoms with E-state index in [-0.39, 0.29) is 17.5 Å². The number of hydrogen-bond acceptors (Lipinski definition) is 3. The van der Waals surface area contributed by atoms with Crippen molar-refractivity contribution in [3.05, 3.63) is 35.9 Å². The lowest BCUT2D eigenvalue weighted by Gasteiger charge is -2.34. The van der Waals surface area contributed by atoms with E-state index in [9.17, 15) is 4.79 Å². The number of hydrogen-bond donors (Lipinski definition) is 2. The van der Waals surface area contributed by atoms with Gasteiger partial charge in [-0.25, -0.2) is 0 Å². The molecule has 1 atom stereocenters. The SMILES string of the molecule is CC(C)(C)NC(=O)C1CN(Cc2ccccc2)CCN1. The second kappa shape index (κ2) is 6.37. The molecule has 110 valence electrons. The Morgan fingerprint density at radius 1 is 1.35 bits per heavy atom. The molecule has 0 spiro atoms. The summed E-state index contributed by atoms with van der Waals surface area (Å²) in [6.07, 6.45) is 0. The molecule has 0 saturated carbocycles. The third-order valence-corrected chi connectivity index (χ3v) is 3.32. The van der Waals surface area contributed by atoms with Gasteiger partial charge in [-0.2, -0.15) is 0 Å². The van der Waals surface area contributed by atoms with Gasteiger partial charge in [-0.3, -0.25) is 9.69 Å². The van der Waals surface area contributed by atoms with E-state index < -0.39 is 0 Å². The van der Waals surface area contributed by atoms with Crippen LogP contribution < -0.4 is 10.6 Å². The van der Waals surface area contributed by atoms with Crippen LogP contribution >= 0.6 is 0 Å². The Labute approximate surface area is 121 Å². The standard InChI is InChI=1S/C16H25N3O/c1-16(2,3)18-15(20)14-12-19(10-9-17-14)11-13-7-5-4-6-8-13/h4-8,14,17H,9-12H2,1-3H3,(H,18,20). The Balaban J connectivity index is 1.90. The van der Waals surface area contributed by atoms with Gasteiger partial charge >= 0.3 is 0 Å². The first kappa shape index (κ1) is 15.0. The van der Waals surface area contributed by atoms with E-state index in [4.69, 9.17) is 0 Å². The normalized spacial score (nSPS) is 20.6. The first-order valence-corrected chi connectivity index (χ1v) is 7.26. The molecule has 1 aliphatic heterocycles. The van der Waals surface area contributed by atoms with Crippen LogP contribution in [0.4, 0.5) is 0 Å². The predicted molar refractivity (Wildman–Crippen MR) is 81.4 cm³/mol. The van der Waals surface area contributed by atoms with Crippen LogP contribution in [0.1, 0.15) is 26.3 Å². The van der Waals surface area contributed by atoms with E-state index in [1.54, 1.807) is 0 Å². The van der Waals surface area contributed by atoms with Gasteiger partial charge in [0, 0.05) is 31.7 Å². The maximum absolute atomic E-state index is 12.2. The van der Waals surface area contributed by atoms with Crippen molar-refractivity contribution in [1.82, 2.24) is 15.5 Å². The summed E-state index contributed by atoms with van der Waals surface area (Å²) in [5.74, 6) is 0.0928. The average molecular weight is 275 g/mol. The lowest BCUT2D eigenvalue weighted by molar-refractivity contribution is -0.125. The highest BCUT2D eigenvalue weighted by Gasteiger charge is 2.27. The van der Waals surface area contributed by atoms with Gasteiger partial charge in [0.2, 0.25) is 5.91 Å². The molecule has 20 heavy (non-hydrogen) atoms. The molecule has 0 radical (unpaired) electrons. The molecule has 1 unspecified atom stereocenters. The van der Waals surface area contributed by atoms with Crippen LogP contribution in [-0.2, 0) is 11.3 Å². The molecule has 1 heterocycles. The number of nitrogens with zero attached hydrogens (tertiary/aromatic N) is 1. The van der Waals surface area contributed by atoms with E-state index in [0.29, 0.717) is 0 Å². The van der Waals surface area contributed by atoms with Crippen molar-refractivity contribution in [2.45, 2.75) is 38.9 Å². The second-order valence-electron chi connectivity index (χ2n) is 6.47. The number of carbonyl (C=O) groups excluding carboxylic acids is 1. The number of benzene rings is 1. The largest absolute Gasteiger partial charge is 0.350 e. The predicted octanol–water partition coefficient (Wildman–Crippen LogP) is 1.38. The van der Waals surface area contributed by atoms with Crippen LogP contribution in [-0.4, -0.2) is 42.0 Å². The van der Waals surface area contributed by atoms with Gasteiger partial charge in [0.15, 0.2) is 0 Å². The van der Waals surface area contributed by atoms with Gasteiger partial charge in [-0.15, -0.1) is 0 Å². The summed E-state index contributed by atoms with van der Waals surface area (Å²) < 4.78 is 0. The Morgan fingerprint density at radius 2 is 2.05 bits per heavy atom. The quantitative estimate of drug-likeness (QED) is 0.876. The fraction of sp³-hybridized carbons (Fsp3) is 0.562. The van der Waals surface area contributed by atoms with E-state index in [1.807, 2.05) is 26.8 Å². The molecule has 1 saturated heterocycles. The van der Waals surface area contributed by atoms with Gasteiger partial charge in [0.25, 0.3) is 0 Å². The maximum atomic E-state index is 12.2. The molecule has 4 nitrogen and oxygen atoms in total. The fourth-order valence-electron chi connectivity index (χ4n) is 2.43. The summed E-state index contributed by atoms with van der Waals surface area (Å²) in [6.45, 7) is 9.53. The molecule has 1 fully saturated rings. The minimum Gasteiger partial charge on any atom is -0.350 e. The molecule has 2 N–H and O–H groups in total. The molecule has 1 aromatic rings. The molecule has 2 rings (SSSR count). The molecular weight excluding hydrogens is 250 g/mol. The van der Waals surface area contributed by atoms with E-state index in [2.05, 4.69) is 39.8 Å². The van der Waals surface area contributed by atoms with Gasteiger partial charge < -0.3 is 10.6 Å². The Morgan fingerprint density at radius 3 is 2.70 bits per heavy atom. The molecule has 1 aliphatic rings. The van der Waals surface area contributed by atoms with Crippen molar-refractivity contribution in [3.63, 3.8) is 0 Å². The number of carbonyl (C=O) groups is 1. The van der Waals surface area contributed by atoms with Crippen LogP contribution in [0.3, 0.4) is 0 Å². The molecule has 0 aromatic heterocycles. The van der Waals surface area contributed by atoms with Crippen molar-refractivity contribution in [3.8, 4) is 0 Å². The Hall–Kier alpha value is -1.39. The van der Waals surface area contributed by atoms with Gasteiger partial charge in [0.05, 0.1) is 6.04 Å². The lowest BCUT2D eigenvalue weighted by Crippen LogP contribution is -2.59. The van der Waals surface area contributed by atoms with Crippen molar-refractivity contribution >= 4 is 5.91 Å². The summed E-state index contributed by atoms with van der Waals surface area (Å²) in [5.41, 5.74) is 1.12. The minimum atomic E-state index is -0.180. The van der Waals surface area contributed by atoms with Crippen LogP contribution in [0.2, 0.25) is 0 Å². The summed E-state index contributed by atoms with van der Waals surface area (Å²) >= 11 is 0. The molecule has 1 amide bonds. The summed E-state index contributed by atoms with van der Waals surface area (Å²) in [5, 5.41) is 6.35. The molecular formula is C16H25N3O. The van der Waals surface area contributed by atoms with Crippen LogP contribution in [0, 0.1) is 0 Å². The summed E-state index contributed by atoms with van der Waals surface area (Å²) in [4.78, 5) is 14.5. The van der Waals surface area contributed by atoms with Crippen LogP contribution in [0.5, 0.6) is 0 Å². The molecule has 0 aliphatic carbocycles. The second-order valence-corrected chi connectivity index (χ2v) is 6.47. The topological polar surface area (TPSA) is 44.4 Å². The fourth-order valence-corrected chi connectivity index (χ4v) is 2.43. The lowest BCUT2D eigenvalue weighted by atomic mass is 10.1. The minimum absolute atomic E-state index is 0.0928. The highest BCUT2D eigenvalue weighted by atomic mass is 16.2. The number of nitrogens with one attached hydrogen (secondary N) is 2. The zero-order valence-electron chi connectivity index (χ0n) is 12.6. The Kier molecular flexibility index (Phi) is 4.78. The smallest absolute Gasteiger partial charge is 0.238 e. The van der Waals surface area contributed by atoms with Gasteiger partial charge in [-0.05, 0) is 26.3 Å². The third-order valence-electron chi connectivity index (χ3n) is 3.32. The molecule has 4 heteroatoms. The summed E-state index contributed by atoms with van der Waals surface area (Å²) in [7, 11) is 0. The van der Waals surface area contributed by atoms with Crippen molar-refractivity contribution in [2.75, 3.05) is 19.6 Å². The van der Waals surface area contributed by atoms with Gasteiger partial charge in [-0.1, -0.05) is 30.3 Å². The zero-order valence-corrected chi connectivity index (χ0v) is 12.6. The highest BCUT2D eigenvalue weighted by Crippen LogP contribution is 2.08. The van der Waals surface area contributed by atoms with E-state index in [1.165, 1.54) is 5.56 Å². The maximum Gasteiger partial charge on any atom is 0.238 e. The van der Waals surface area contributed by atoms with Gasteiger partial charge in [0.1, 0.15) is 0 Å². The number of amides is 1. The number of piperazine rings is 1. The number of rotatable bonds is 3. The monoisotopic (exact) mass is 275 g/mol. The zero-order chi connectivity index (χ0) is 14.6. The van der Waals surface area contributed by atoms with Crippen molar-refractivity contribution in [1.29, 1.82) is 0 Å². The van der Waals surface area contributed by atoms with Crippen molar-refractivity contribution < 1.29 is 4.79 Å². The molecule has 0 bridgehead atoms. The third kappa shape index (κ3) is 4.62. The first-order valence-electron chi connectivity index (χ1n) is 7.26. The van der Waals surface area contributed by atoms with E-state index in [0.717, 1.165) is 26.2 Å². The first-order chi connectivity index (χ1) is 9.44. The van der Waals surface area contributed by atoms with Crippen molar-refractivity contribution in [2.24, 2.45) is 0 Å². The highest BCUT2D eigenvalue weighted by molar-refractivity contribution is 5.82. The van der Waals surface area contributed by atoms with Crippen LogP contribution in [0.25, 0.3) is 0 Å². The molecule has 1 aromatic carbocycles. The van der Waals surface area contributed by atoms with Crippen LogP contribution in [0.15, 0.2) is 30.3 Å². The van der Waals surface area contributed by atoms with E-state index >= 15 is 0 Å². The Bertz CT molecular complexity index is 439.